The Kier molecular flexibility index (Phi) is 4.74. The van der Waals surface area contributed by atoms with Gasteiger partial charge in [0.2, 0.25) is 0 Å². The summed E-state index contributed by atoms with van der Waals surface area (Å²) in [6.07, 6.45) is 3.11. The molecule has 1 aliphatic heterocycles. The SMILES string of the molecule is COC[C@@H]1CCCN1[C@H](C#N)Cc1ccccc1. The van der Waals surface area contributed by atoms with Gasteiger partial charge < -0.3 is 4.74 Å². The molecule has 0 radical (unpaired) electrons. The Balaban J connectivity index is 2.02. The Morgan fingerprint density at radius 2 is 2.22 bits per heavy atom. The zero-order valence-electron chi connectivity index (χ0n) is 10.9. The predicted octanol–water partition coefficient (Wildman–Crippen LogP) is 2.23. The Hall–Kier alpha value is -1.37. The fourth-order valence-corrected chi connectivity index (χ4v) is 2.71. The van der Waals surface area contributed by atoms with Gasteiger partial charge in [0.05, 0.1) is 12.7 Å². The smallest absolute Gasteiger partial charge is 0.102 e. The highest BCUT2D eigenvalue weighted by Gasteiger charge is 2.30. The number of benzene rings is 1. The summed E-state index contributed by atoms with van der Waals surface area (Å²) in [5.41, 5.74) is 1.23. The van der Waals surface area contributed by atoms with Crippen molar-refractivity contribution in [2.45, 2.75) is 31.3 Å². The maximum Gasteiger partial charge on any atom is 0.102 e. The third-order valence-corrected chi connectivity index (χ3v) is 3.60. The highest BCUT2D eigenvalue weighted by molar-refractivity contribution is 5.18. The van der Waals surface area contributed by atoms with Gasteiger partial charge in [-0.1, -0.05) is 30.3 Å². The van der Waals surface area contributed by atoms with E-state index in [-0.39, 0.29) is 6.04 Å². The van der Waals surface area contributed by atoms with Crippen LogP contribution in [0.4, 0.5) is 0 Å². The van der Waals surface area contributed by atoms with Crippen LogP contribution in [0.2, 0.25) is 0 Å². The average Bonchev–Trinajstić information content (AvgIpc) is 2.86. The molecule has 0 unspecified atom stereocenters. The highest BCUT2D eigenvalue weighted by Crippen LogP contribution is 2.22. The summed E-state index contributed by atoms with van der Waals surface area (Å²) in [5, 5.41) is 9.40. The minimum atomic E-state index is -0.0324. The van der Waals surface area contributed by atoms with Gasteiger partial charge in [-0.2, -0.15) is 5.26 Å². The number of hydrogen-bond acceptors (Lipinski definition) is 3. The van der Waals surface area contributed by atoms with Crippen LogP contribution in [-0.4, -0.2) is 37.2 Å². The van der Waals surface area contributed by atoms with Gasteiger partial charge >= 0.3 is 0 Å². The molecule has 0 bridgehead atoms. The Labute approximate surface area is 109 Å². The summed E-state index contributed by atoms with van der Waals surface area (Å²) in [4.78, 5) is 2.30. The Morgan fingerprint density at radius 1 is 1.44 bits per heavy atom. The van der Waals surface area contributed by atoms with Gasteiger partial charge in [-0.05, 0) is 24.9 Å². The minimum absolute atomic E-state index is 0.0324. The van der Waals surface area contributed by atoms with E-state index in [2.05, 4.69) is 23.1 Å². The van der Waals surface area contributed by atoms with Gasteiger partial charge in [0.25, 0.3) is 0 Å². The van der Waals surface area contributed by atoms with Gasteiger partial charge in [-0.25, -0.2) is 0 Å². The number of likely N-dealkylation sites (tertiary alicyclic amines) is 1. The summed E-state index contributed by atoms with van der Waals surface area (Å²) >= 11 is 0. The molecular weight excluding hydrogens is 224 g/mol. The topological polar surface area (TPSA) is 36.3 Å². The van der Waals surface area contributed by atoms with Crippen molar-refractivity contribution in [3.05, 3.63) is 35.9 Å². The third-order valence-electron chi connectivity index (χ3n) is 3.60. The van der Waals surface area contributed by atoms with Crippen molar-refractivity contribution in [3.8, 4) is 6.07 Å². The monoisotopic (exact) mass is 244 g/mol. The molecule has 18 heavy (non-hydrogen) atoms. The first kappa shape index (κ1) is 13.1. The van der Waals surface area contributed by atoms with Crippen LogP contribution < -0.4 is 0 Å². The Bertz CT molecular complexity index is 399. The van der Waals surface area contributed by atoms with Crippen LogP contribution in [0, 0.1) is 11.3 Å². The van der Waals surface area contributed by atoms with Crippen LogP contribution in [0.25, 0.3) is 0 Å². The molecule has 96 valence electrons. The predicted molar refractivity (Wildman–Crippen MR) is 71.2 cm³/mol. The number of ether oxygens (including phenoxy) is 1. The average molecular weight is 244 g/mol. The lowest BCUT2D eigenvalue weighted by Gasteiger charge is -2.28. The fourth-order valence-electron chi connectivity index (χ4n) is 2.71. The first-order valence-corrected chi connectivity index (χ1v) is 6.53. The molecule has 1 aromatic carbocycles. The Morgan fingerprint density at radius 3 is 2.89 bits per heavy atom. The van der Waals surface area contributed by atoms with E-state index in [0.29, 0.717) is 6.04 Å². The van der Waals surface area contributed by atoms with Crippen molar-refractivity contribution in [2.24, 2.45) is 0 Å². The molecule has 3 heteroatoms. The van der Waals surface area contributed by atoms with E-state index in [9.17, 15) is 5.26 Å². The summed E-state index contributed by atoms with van der Waals surface area (Å²) in [6.45, 7) is 1.74. The molecule has 0 aliphatic carbocycles. The minimum Gasteiger partial charge on any atom is -0.383 e. The number of rotatable bonds is 5. The quantitative estimate of drug-likeness (QED) is 0.797. The van der Waals surface area contributed by atoms with Crippen LogP contribution in [0.3, 0.4) is 0 Å². The van der Waals surface area contributed by atoms with Crippen LogP contribution >= 0.6 is 0 Å². The van der Waals surface area contributed by atoms with Crippen molar-refractivity contribution in [1.82, 2.24) is 4.90 Å². The lowest BCUT2D eigenvalue weighted by Crippen LogP contribution is -2.41. The van der Waals surface area contributed by atoms with Crippen LogP contribution in [0.5, 0.6) is 0 Å². The summed E-state index contributed by atoms with van der Waals surface area (Å²) in [6, 6.07) is 13.1. The van der Waals surface area contributed by atoms with Gasteiger partial charge in [0.15, 0.2) is 0 Å². The second-order valence-corrected chi connectivity index (χ2v) is 4.82. The van der Waals surface area contributed by atoms with E-state index in [4.69, 9.17) is 4.74 Å². The van der Waals surface area contributed by atoms with Gasteiger partial charge in [0.1, 0.15) is 6.04 Å². The van der Waals surface area contributed by atoms with Gasteiger partial charge in [-0.15, -0.1) is 0 Å². The standard InChI is InChI=1S/C15H20N2O/c1-18-12-14-8-5-9-17(14)15(11-16)10-13-6-3-2-4-7-13/h2-4,6-7,14-15H,5,8-10,12H2,1H3/t14-,15-/m0/s1. The summed E-state index contributed by atoms with van der Waals surface area (Å²) in [5.74, 6) is 0. The van der Waals surface area contributed by atoms with E-state index in [0.717, 1.165) is 26.0 Å². The maximum absolute atomic E-state index is 9.40. The lowest BCUT2D eigenvalue weighted by atomic mass is 10.0. The maximum atomic E-state index is 9.40. The number of hydrogen-bond donors (Lipinski definition) is 0. The molecule has 1 aliphatic rings. The van der Waals surface area contributed by atoms with E-state index < -0.39 is 0 Å². The first-order chi connectivity index (χ1) is 8.85. The molecule has 0 amide bonds. The molecule has 0 aromatic heterocycles. The van der Waals surface area contributed by atoms with E-state index in [1.807, 2.05) is 18.2 Å². The molecule has 0 saturated carbocycles. The van der Waals surface area contributed by atoms with E-state index >= 15 is 0 Å². The second-order valence-electron chi connectivity index (χ2n) is 4.82. The molecular formula is C15H20N2O. The van der Waals surface area contributed by atoms with Gasteiger partial charge in [-0.3, -0.25) is 4.90 Å². The molecule has 3 nitrogen and oxygen atoms in total. The molecule has 1 aromatic rings. The van der Waals surface area contributed by atoms with Gasteiger partial charge in [0, 0.05) is 19.6 Å². The second kappa shape index (κ2) is 6.53. The molecule has 1 fully saturated rings. The molecule has 2 atom stereocenters. The van der Waals surface area contributed by atoms with E-state index in [1.54, 1.807) is 7.11 Å². The highest BCUT2D eigenvalue weighted by atomic mass is 16.5. The van der Waals surface area contributed by atoms with E-state index in [1.165, 1.54) is 12.0 Å². The largest absolute Gasteiger partial charge is 0.383 e. The fraction of sp³-hybridized carbons (Fsp3) is 0.533. The van der Waals surface area contributed by atoms with Crippen LogP contribution in [-0.2, 0) is 11.2 Å². The zero-order chi connectivity index (χ0) is 12.8. The number of methoxy groups -OCH3 is 1. The summed E-state index contributed by atoms with van der Waals surface area (Å²) < 4.78 is 5.25. The van der Waals surface area contributed by atoms with Crippen molar-refractivity contribution < 1.29 is 4.74 Å². The zero-order valence-corrected chi connectivity index (χ0v) is 10.9. The van der Waals surface area contributed by atoms with Crippen molar-refractivity contribution in [1.29, 1.82) is 5.26 Å². The summed E-state index contributed by atoms with van der Waals surface area (Å²) in [7, 11) is 1.73. The molecule has 1 heterocycles. The van der Waals surface area contributed by atoms with Crippen molar-refractivity contribution in [3.63, 3.8) is 0 Å². The molecule has 2 rings (SSSR count). The third kappa shape index (κ3) is 3.10. The first-order valence-electron chi connectivity index (χ1n) is 6.53. The van der Waals surface area contributed by atoms with Crippen LogP contribution in [0.1, 0.15) is 18.4 Å². The number of nitrogens with zero attached hydrogens (tertiary/aromatic N) is 2. The molecule has 0 N–H and O–H groups in total. The van der Waals surface area contributed by atoms with Crippen molar-refractivity contribution in [2.75, 3.05) is 20.3 Å². The van der Waals surface area contributed by atoms with Crippen molar-refractivity contribution >= 4 is 0 Å². The molecule has 1 saturated heterocycles. The number of nitriles is 1. The lowest BCUT2D eigenvalue weighted by molar-refractivity contribution is 0.102. The normalized spacial score (nSPS) is 21.7. The van der Waals surface area contributed by atoms with Crippen LogP contribution in [0.15, 0.2) is 30.3 Å². The molecule has 0 spiro atoms.